The third-order valence-corrected chi connectivity index (χ3v) is 11.5. The highest BCUT2D eigenvalue weighted by molar-refractivity contribution is 7.99. The lowest BCUT2D eigenvalue weighted by Crippen LogP contribution is -2.42. The summed E-state index contributed by atoms with van der Waals surface area (Å²) in [6, 6.07) is 19.8. The number of aryl methyl sites for hydroxylation is 1. The van der Waals surface area contributed by atoms with Crippen molar-refractivity contribution in [1.29, 1.82) is 0 Å². The van der Waals surface area contributed by atoms with Crippen LogP contribution in [0.2, 0.25) is 18.1 Å². The van der Waals surface area contributed by atoms with Crippen molar-refractivity contribution in [2.24, 2.45) is 0 Å². The summed E-state index contributed by atoms with van der Waals surface area (Å²) in [6.45, 7) is 16.1. The van der Waals surface area contributed by atoms with Crippen LogP contribution in [0.15, 0.2) is 54.6 Å². The van der Waals surface area contributed by atoms with Gasteiger partial charge in [0.2, 0.25) is 0 Å². The van der Waals surface area contributed by atoms with Crippen molar-refractivity contribution in [2.75, 3.05) is 5.75 Å². The van der Waals surface area contributed by atoms with Crippen molar-refractivity contribution in [1.82, 2.24) is 0 Å². The predicted octanol–water partition coefficient (Wildman–Crippen LogP) is 7.94. The van der Waals surface area contributed by atoms with Crippen LogP contribution in [0.25, 0.3) is 0 Å². The Morgan fingerprint density at radius 2 is 1.52 bits per heavy atom. The Balaban J connectivity index is 2.48. The highest BCUT2D eigenvalue weighted by Gasteiger charge is 2.41. The van der Waals surface area contributed by atoms with Crippen LogP contribution in [0, 0.1) is 6.92 Å². The van der Waals surface area contributed by atoms with Gasteiger partial charge in [-0.2, -0.15) is 11.8 Å². The summed E-state index contributed by atoms with van der Waals surface area (Å²) in [6.07, 6.45) is 1.25. The molecule has 0 amide bonds. The van der Waals surface area contributed by atoms with Gasteiger partial charge in [-0.1, -0.05) is 87.9 Å². The zero-order valence-corrected chi connectivity index (χ0v) is 19.9. The van der Waals surface area contributed by atoms with Crippen LogP contribution in [0.1, 0.15) is 62.2 Å². The Morgan fingerprint density at radius 3 is 2.04 bits per heavy atom. The molecule has 2 rings (SSSR count). The molecule has 0 radical (unpaired) electrons. The second kappa shape index (κ2) is 9.44. The van der Waals surface area contributed by atoms with Gasteiger partial charge in [-0.15, -0.1) is 0 Å². The molecule has 0 aliphatic rings. The molecule has 0 saturated heterocycles. The van der Waals surface area contributed by atoms with Crippen LogP contribution in [-0.2, 0) is 4.43 Å². The van der Waals surface area contributed by atoms with Crippen molar-refractivity contribution in [3.05, 3.63) is 71.3 Å². The molecule has 0 aliphatic heterocycles. The largest absolute Gasteiger partial charge is 0.408 e. The summed E-state index contributed by atoms with van der Waals surface area (Å²) in [5.41, 5.74) is 3.96. The van der Waals surface area contributed by atoms with Crippen molar-refractivity contribution in [3.63, 3.8) is 0 Å². The first-order valence-corrected chi connectivity index (χ1v) is 14.0. The lowest BCUT2D eigenvalue weighted by atomic mass is 10.00. The van der Waals surface area contributed by atoms with Gasteiger partial charge < -0.3 is 4.43 Å². The highest BCUT2D eigenvalue weighted by Crippen LogP contribution is 2.48. The van der Waals surface area contributed by atoms with Crippen LogP contribution < -0.4 is 0 Å². The zero-order valence-electron chi connectivity index (χ0n) is 18.1. The molecule has 0 spiro atoms. The average Bonchev–Trinajstić information content (AvgIpc) is 2.62. The van der Waals surface area contributed by atoms with Crippen LogP contribution in [-0.4, -0.2) is 14.1 Å². The van der Waals surface area contributed by atoms with E-state index in [1.165, 1.54) is 23.1 Å². The fourth-order valence-electron chi connectivity index (χ4n) is 2.80. The van der Waals surface area contributed by atoms with Gasteiger partial charge in [-0.05, 0) is 48.4 Å². The van der Waals surface area contributed by atoms with Gasteiger partial charge in [0.25, 0.3) is 0 Å². The molecular weight excluding hydrogens is 364 g/mol. The smallest absolute Gasteiger partial charge is 0.192 e. The second-order valence-corrected chi connectivity index (χ2v) is 14.9. The number of hydrogen-bond donors (Lipinski definition) is 0. The van der Waals surface area contributed by atoms with Gasteiger partial charge in [-0.3, -0.25) is 0 Å². The molecule has 1 nitrogen and oxygen atoms in total. The lowest BCUT2D eigenvalue weighted by molar-refractivity contribution is 0.180. The van der Waals surface area contributed by atoms with Crippen molar-refractivity contribution < 1.29 is 4.43 Å². The Bertz CT molecular complexity index is 689. The normalized spacial score (nSPS) is 14.8. The number of benzene rings is 2. The number of rotatable bonds is 8. The zero-order chi connectivity index (χ0) is 20.1. The molecule has 3 heteroatoms. The minimum atomic E-state index is -1.91. The van der Waals surface area contributed by atoms with Gasteiger partial charge in [0.15, 0.2) is 8.32 Å². The summed E-state index contributed by atoms with van der Waals surface area (Å²) in [7, 11) is -1.91. The van der Waals surface area contributed by atoms with E-state index in [2.05, 4.69) is 102 Å². The summed E-state index contributed by atoms with van der Waals surface area (Å²) >= 11 is 2.03. The van der Waals surface area contributed by atoms with Crippen molar-refractivity contribution in [2.45, 2.75) is 70.5 Å². The minimum Gasteiger partial charge on any atom is -0.408 e. The Morgan fingerprint density at radius 1 is 0.926 bits per heavy atom. The van der Waals surface area contributed by atoms with Crippen LogP contribution in [0.3, 0.4) is 0 Å². The first kappa shape index (κ1) is 22.3. The highest BCUT2D eigenvalue weighted by atomic mass is 32.2. The molecule has 0 N–H and O–H groups in total. The standard InChI is InChI=1S/C24H36OSSi/c1-8-18-26-23(21-16-14-19(2)15-17-21)22(20-12-10-9-11-13-20)25-27(6,7)24(3,4)5/h9-17,22-23H,8,18H2,1-7H3/t22-,23-/m1/s1. The molecule has 0 heterocycles. The number of thioether (sulfide) groups is 1. The fourth-order valence-corrected chi connectivity index (χ4v) is 5.39. The van der Waals surface area contributed by atoms with E-state index < -0.39 is 8.32 Å². The molecule has 27 heavy (non-hydrogen) atoms. The second-order valence-electron chi connectivity index (χ2n) is 8.91. The molecule has 0 bridgehead atoms. The first-order chi connectivity index (χ1) is 12.7. The SMILES string of the molecule is CCCS[C@H](c1ccc(C)cc1)[C@H](O[Si](C)(C)C(C)(C)C)c1ccccc1. The van der Waals surface area contributed by atoms with E-state index in [-0.39, 0.29) is 11.1 Å². The molecular formula is C24H36OSSi. The van der Waals surface area contributed by atoms with E-state index in [0.717, 1.165) is 5.75 Å². The predicted molar refractivity (Wildman–Crippen MR) is 124 cm³/mol. The summed E-state index contributed by atoms with van der Waals surface area (Å²) in [5, 5.41) is 0.495. The maximum atomic E-state index is 7.05. The van der Waals surface area contributed by atoms with Gasteiger partial charge >= 0.3 is 0 Å². The van der Waals surface area contributed by atoms with E-state index in [0.29, 0.717) is 5.25 Å². The molecule has 0 aliphatic carbocycles. The molecule has 2 atom stereocenters. The summed E-state index contributed by atoms with van der Waals surface area (Å²) in [5.74, 6) is 1.14. The topological polar surface area (TPSA) is 9.23 Å². The lowest BCUT2D eigenvalue weighted by Gasteiger charge is -2.41. The van der Waals surface area contributed by atoms with E-state index in [9.17, 15) is 0 Å². The van der Waals surface area contributed by atoms with Crippen LogP contribution in [0.4, 0.5) is 0 Å². The van der Waals surface area contributed by atoms with Crippen molar-refractivity contribution in [3.8, 4) is 0 Å². The maximum Gasteiger partial charge on any atom is 0.192 e. The Labute approximate surface area is 172 Å². The molecule has 0 aromatic heterocycles. The molecule has 0 saturated carbocycles. The van der Waals surface area contributed by atoms with Gasteiger partial charge in [0, 0.05) is 0 Å². The van der Waals surface area contributed by atoms with E-state index in [1.54, 1.807) is 0 Å². The average molecular weight is 401 g/mol. The van der Waals surface area contributed by atoms with Crippen molar-refractivity contribution >= 4 is 20.1 Å². The van der Waals surface area contributed by atoms with E-state index in [1.807, 2.05) is 11.8 Å². The summed E-state index contributed by atoms with van der Waals surface area (Å²) in [4.78, 5) is 0. The molecule has 148 valence electrons. The van der Waals surface area contributed by atoms with Crippen LogP contribution >= 0.6 is 11.8 Å². The van der Waals surface area contributed by atoms with E-state index >= 15 is 0 Å². The Hall–Kier alpha value is -1.03. The summed E-state index contributed by atoms with van der Waals surface area (Å²) < 4.78 is 7.05. The molecule has 2 aromatic rings. The fraction of sp³-hybridized carbons (Fsp3) is 0.500. The van der Waals surface area contributed by atoms with E-state index in [4.69, 9.17) is 4.43 Å². The third kappa shape index (κ3) is 5.97. The monoisotopic (exact) mass is 400 g/mol. The molecule has 0 unspecified atom stereocenters. The molecule has 0 fully saturated rings. The van der Waals surface area contributed by atoms with Crippen LogP contribution in [0.5, 0.6) is 0 Å². The van der Waals surface area contributed by atoms with Gasteiger partial charge in [0.1, 0.15) is 0 Å². The first-order valence-electron chi connectivity index (χ1n) is 10.1. The van der Waals surface area contributed by atoms with Gasteiger partial charge in [-0.25, -0.2) is 0 Å². The minimum absolute atomic E-state index is 0.0753. The molecule has 2 aromatic carbocycles. The Kier molecular flexibility index (Phi) is 7.79. The third-order valence-electron chi connectivity index (χ3n) is 5.54. The van der Waals surface area contributed by atoms with Gasteiger partial charge in [0.05, 0.1) is 11.4 Å². The quantitative estimate of drug-likeness (QED) is 0.416. The maximum absolute atomic E-state index is 7.05. The number of hydrogen-bond acceptors (Lipinski definition) is 2.